The van der Waals surface area contributed by atoms with Gasteiger partial charge < -0.3 is 23.5 Å². The molecule has 1 aromatic heterocycles. The summed E-state index contributed by atoms with van der Waals surface area (Å²) >= 11 is 0. The Morgan fingerprint density at radius 3 is 1.98 bits per heavy atom. The van der Waals surface area contributed by atoms with Crippen LogP contribution in [-0.4, -0.2) is 36.8 Å². The molecule has 8 heteroatoms. The largest absolute Gasteiger partial charge is 0.497 e. The minimum absolute atomic E-state index is 0.0225. The molecule has 2 heterocycles. The van der Waals surface area contributed by atoms with E-state index in [0.717, 1.165) is 48.6 Å². The molecule has 5 rings (SSSR count). The van der Waals surface area contributed by atoms with E-state index >= 15 is 4.39 Å². The summed E-state index contributed by atoms with van der Waals surface area (Å²) in [4.78, 5) is 15.9. The number of hydrogen-bond donors (Lipinski definition) is 0. The van der Waals surface area contributed by atoms with Gasteiger partial charge in [0.2, 0.25) is 0 Å². The van der Waals surface area contributed by atoms with Crippen LogP contribution in [0.15, 0.2) is 65.6 Å². The van der Waals surface area contributed by atoms with Gasteiger partial charge in [0.25, 0.3) is 0 Å². The number of benzene rings is 3. The zero-order chi connectivity index (χ0) is 28.1. The van der Waals surface area contributed by atoms with Gasteiger partial charge in [0.1, 0.15) is 24.7 Å². The monoisotopic (exact) mass is 546 g/mol. The number of methoxy groups -OCH3 is 2. The average Bonchev–Trinajstić information content (AvgIpc) is 3.51. The number of rotatable bonds is 11. The lowest BCUT2D eigenvalue weighted by Crippen LogP contribution is -2.25. The van der Waals surface area contributed by atoms with Crippen molar-refractivity contribution in [1.29, 1.82) is 0 Å². The highest BCUT2D eigenvalue weighted by Gasteiger charge is 2.23. The third-order valence-corrected chi connectivity index (χ3v) is 7.33. The van der Waals surface area contributed by atoms with Crippen LogP contribution in [-0.2, 0) is 26.3 Å². The fourth-order valence-electron chi connectivity index (χ4n) is 5.08. The van der Waals surface area contributed by atoms with Crippen LogP contribution in [0.2, 0.25) is 0 Å². The number of aromatic nitrogens is 1. The van der Waals surface area contributed by atoms with E-state index in [1.807, 2.05) is 55.5 Å². The fourth-order valence-corrected chi connectivity index (χ4v) is 5.08. The van der Waals surface area contributed by atoms with Crippen molar-refractivity contribution in [2.45, 2.75) is 46.1 Å². The summed E-state index contributed by atoms with van der Waals surface area (Å²) in [5.41, 5.74) is 2.41. The van der Waals surface area contributed by atoms with Crippen molar-refractivity contribution in [1.82, 2.24) is 9.47 Å². The third kappa shape index (κ3) is 5.92. The van der Waals surface area contributed by atoms with Crippen LogP contribution in [0.25, 0.3) is 10.9 Å². The Balaban J connectivity index is 1.54. The van der Waals surface area contributed by atoms with Crippen molar-refractivity contribution < 1.29 is 23.3 Å². The lowest BCUT2D eigenvalue weighted by molar-refractivity contribution is 0.246. The van der Waals surface area contributed by atoms with E-state index < -0.39 is 5.82 Å². The maximum Gasteiger partial charge on any atom is 0.199 e. The zero-order valence-electron chi connectivity index (χ0n) is 23.2. The van der Waals surface area contributed by atoms with Crippen molar-refractivity contribution in [3.05, 3.63) is 93.5 Å². The van der Waals surface area contributed by atoms with E-state index in [0.29, 0.717) is 18.7 Å². The summed E-state index contributed by atoms with van der Waals surface area (Å²) in [6, 6.07) is 16.5. The lowest BCUT2D eigenvalue weighted by atomic mass is 10.1. The van der Waals surface area contributed by atoms with Crippen molar-refractivity contribution in [2.75, 3.05) is 27.3 Å². The summed E-state index contributed by atoms with van der Waals surface area (Å²) < 4.78 is 40.8. The molecule has 0 amide bonds. The second kappa shape index (κ2) is 12.4. The molecule has 0 bridgehead atoms. The maximum absolute atomic E-state index is 16.3. The van der Waals surface area contributed by atoms with E-state index in [2.05, 4.69) is 4.90 Å². The number of halogens is 1. The second-order valence-corrected chi connectivity index (χ2v) is 9.94. The van der Waals surface area contributed by atoms with Gasteiger partial charge in [0.05, 0.1) is 25.1 Å². The molecule has 0 spiro atoms. The van der Waals surface area contributed by atoms with Crippen LogP contribution in [0.4, 0.5) is 4.39 Å². The number of aryl methyl sites for hydroxylation is 1. The Morgan fingerprint density at radius 2 is 1.43 bits per heavy atom. The van der Waals surface area contributed by atoms with Gasteiger partial charge in [-0.15, -0.1) is 0 Å². The molecule has 1 saturated heterocycles. The van der Waals surface area contributed by atoms with Gasteiger partial charge in [-0.1, -0.05) is 24.3 Å². The summed E-state index contributed by atoms with van der Waals surface area (Å²) in [5.74, 6) is 1.01. The van der Waals surface area contributed by atoms with Crippen LogP contribution in [0, 0.1) is 5.82 Å². The highest BCUT2D eigenvalue weighted by Crippen LogP contribution is 2.37. The SMILES string of the molecule is CCn1cc(CN2CCCC2)c(=O)c2cc(OCc3ccc(OC)cc3)c(OCc3ccc(OC)cc3)c(F)c21. The van der Waals surface area contributed by atoms with Crippen molar-refractivity contribution >= 4 is 10.9 Å². The molecule has 0 saturated carbocycles. The number of likely N-dealkylation sites (tertiary alicyclic amines) is 1. The van der Waals surface area contributed by atoms with Gasteiger partial charge in [-0.05, 0) is 74.3 Å². The van der Waals surface area contributed by atoms with Crippen LogP contribution in [0.1, 0.15) is 36.5 Å². The van der Waals surface area contributed by atoms with Gasteiger partial charge in [-0.25, -0.2) is 4.39 Å². The van der Waals surface area contributed by atoms with E-state index in [1.54, 1.807) is 31.0 Å². The first-order valence-corrected chi connectivity index (χ1v) is 13.6. The maximum atomic E-state index is 16.3. The Morgan fingerprint density at radius 1 is 0.850 bits per heavy atom. The molecule has 40 heavy (non-hydrogen) atoms. The van der Waals surface area contributed by atoms with Crippen LogP contribution < -0.4 is 24.4 Å². The normalized spacial score (nSPS) is 13.5. The highest BCUT2D eigenvalue weighted by molar-refractivity contribution is 5.84. The molecule has 4 aromatic rings. The molecule has 0 radical (unpaired) electrons. The number of ether oxygens (including phenoxy) is 4. The predicted octanol–water partition coefficient (Wildman–Crippen LogP) is 5.93. The van der Waals surface area contributed by atoms with Gasteiger partial charge in [-0.2, -0.15) is 0 Å². The van der Waals surface area contributed by atoms with Gasteiger partial charge in [-0.3, -0.25) is 9.69 Å². The molecule has 0 aliphatic carbocycles. The van der Waals surface area contributed by atoms with E-state index in [4.69, 9.17) is 18.9 Å². The van der Waals surface area contributed by atoms with E-state index in [1.165, 1.54) is 0 Å². The Labute approximate surface area is 233 Å². The molecule has 1 fully saturated rings. The summed E-state index contributed by atoms with van der Waals surface area (Å²) in [7, 11) is 3.21. The molecule has 0 N–H and O–H groups in total. The molecular formula is C32H35FN2O5. The van der Waals surface area contributed by atoms with Crippen molar-refractivity contribution in [3.63, 3.8) is 0 Å². The van der Waals surface area contributed by atoms with E-state index in [-0.39, 0.29) is 41.0 Å². The molecule has 3 aromatic carbocycles. The van der Waals surface area contributed by atoms with E-state index in [9.17, 15) is 4.79 Å². The first-order valence-electron chi connectivity index (χ1n) is 13.6. The molecule has 1 aliphatic heterocycles. The molecule has 7 nitrogen and oxygen atoms in total. The number of fused-ring (bicyclic) bond motifs is 1. The molecule has 0 atom stereocenters. The quantitative estimate of drug-likeness (QED) is 0.232. The van der Waals surface area contributed by atoms with Crippen LogP contribution in [0.5, 0.6) is 23.0 Å². The smallest absolute Gasteiger partial charge is 0.199 e. The summed E-state index contributed by atoms with van der Waals surface area (Å²) in [5, 5.41) is 0.289. The fraction of sp³-hybridized carbons (Fsp3) is 0.344. The number of pyridine rings is 1. The zero-order valence-corrected chi connectivity index (χ0v) is 23.2. The lowest BCUT2D eigenvalue weighted by Gasteiger charge is -2.20. The van der Waals surface area contributed by atoms with Gasteiger partial charge in [0.15, 0.2) is 22.7 Å². The Kier molecular flexibility index (Phi) is 8.55. The van der Waals surface area contributed by atoms with Gasteiger partial charge >= 0.3 is 0 Å². The number of hydrogen-bond acceptors (Lipinski definition) is 6. The molecule has 0 unspecified atom stereocenters. The van der Waals surface area contributed by atoms with Crippen LogP contribution in [0.3, 0.4) is 0 Å². The topological polar surface area (TPSA) is 62.2 Å². The standard InChI is InChI=1S/C32H35FN2O5/c1-4-35-19-24(18-34-15-5-6-16-34)31(36)27-17-28(39-20-22-7-11-25(37-2)12-8-22)32(29(33)30(27)35)40-21-23-9-13-26(38-3)14-10-23/h7-14,17,19H,4-6,15-16,18,20-21H2,1-3H3. The summed E-state index contributed by atoms with van der Waals surface area (Å²) in [6.07, 6.45) is 4.04. The molecular weight excluding hydrogens is 511 g/mol. The summed E-state index contributed by atoms with van der Waals surface area (Å²) in [6.45, 7) is 5.21. The predicted molar refractivity (Wildman–Crippen MR) is 153 cm³/mol. The first-order chi connectivity index (χ1) is 19.5. The van der Waals surface area contributed by atoms with Gasteiger partial charge in [0, 0.05) is 24.8 Å². The Hall–Kier alpha value is -4.04. The van der Waals surface area contributed by atoms with Crippen molar-refractivity contribution in [2.24, 2.45) is 0 Å². The minimum Gasteiger partial charge on any atom is -0.497 e. The average molecular weight is 547 g/mol. The van der Waals surface area contributed by atoms with Crippen molar-refractivity contribution in [3.8, 4) is 23.0 Å². The second-order valence-electron chi connectivity index (χ2n) is 9.94. The third-order valence-electron chi connectivity index (χ3n) is 7.33. The van der Waals surface area contributed by atoms with Crippen LogP contribution >= 0.6 is 0 Å². The number of nitrogens with zero attached hydrogens (tertiary/aromatic N) is 2. The highest BCUT2D eigenvalue weighted by atomic mass is 19.1. The minimum atomic E-state index is -0.609. The molecule has 210 valence electrons. The molecule has 1 aliphatic rings. The first kappa shape index (κ1) is 27.5. The Bertz CT molecular complexity index is 1510.